The molecule has 29 heavy (non-hydrogen) atoms. The van der Waals surface area contributed by atoms with Gasteiger partial charge in [0.25, 0.3) is 5.91 Å². The maximum Gasteiger partial charge on any atom is 0.253 e. The first-order valence-corrected chi connectivity index (χ1v) is 9.44. The number of benzene rings is 2. The Morgan fingerprint density at radius 3 is 2.48 bits per heavy atom. The van der Waals surface area contributed by atoms with Crippen molar-refractivity contribution in [2.24, 2.45) is 0 Å². The molecule has 0 aliphatic carbocycles. The summed E-state index contributed by atoms with van der Waals surface area (Å²) in [5, 5.41) is 6.20. The Morgan fingerprint density at radius 2 is 1.79 bits per heavy atom. The van der Waals surface area contributed by atoms with E-state index < -0.39 is 0 Å². The monoisotopic (exact) mass is 391 g/mol. The molecule has 0 unspecified atom stereocenters. The summed E-state index contributed by atoms with van der Waals surface area (Å²) in [4.78, 5) is 16.8. The number of aromatic nitrogens is 1. The molecule has 2 N–H and O–H groups in total. The van der Waals surface area contributed by atoms with E-state index in [1.807, 2.05) is 36.4 Å². The number of hydrogen-bond acceptors (Lipinski definition) is 5. The first kappa shape index (κ1) is 20.2. The Morgan fingerprint density at radius 1 is 1.00 bits per heavy atom. The minimum Gasteiger partial charge on any atom is -0.493 e. The number of amides is 1. The van der Waals surface area contributed by atoms with E-state index in [4.69, 9.17) is 9.47 Å². The Kier molecular flexibility index (Phi) is 6.68. The highest BCUT2D eigenvalue weighted by Gasteiger charge is 2.09. The number of aryl methyl sites for hydroxylation is 1. The summed E-state index contributed by atoms with van der Waals surface area (Å²) in [6.45, 7) is 2.49. The van der Waals surface area contributed by atoms with Crippen LogP contribution in [0.1, 0.15) is 28.4 Å². The van der Waals surface area contributed by atoms with Crippen molar-refractivity contribution in [1.29, 1.82) is 0 Å². The molecule has 0 spiro atoms. The zero-order valence-corrected chi connectivity index (χ0v) is 16.9. The smallest absolute Gasteiger partial charge is 0.253 e. The van der Waals surface area contributed by atoms with Crippen LogP contribution in [-0.2, 0) is 13.0 Å². The van der Waals surface area contributed by atoms with Gasteiger partial charge in [-0.2, -0.15) is 0 Å². The van der Waals surface area contributed by atoms with Crippen molar-refractivity contribution in [3.8, 4) is 11.5 Å². The summed E-state index contributed by atoms with van der Waals surface area (Å²) in [7, 11) is 3.17. The topological polar surface area (TPSA) is 72.5 Å². The fraction of sp³-hybridized carbons (Fsp3) is 0.217. The molecule has 6 heteroatoms. The summed E-state index contributed by atoms with van der Waals surface area (Å²) in [6, 6.07) is 17.2. The van der Waals surface area contributed by atoms with Gasteiger partial charge in [0.1, 0.15) is 5.82 Å². The average Bonchev–Trinajstić information content (AvgIpc) is 2.78. The molecule has 3 aromatic rings. The van der Waals surface area contributed by atoms with Gasteiger partial charge < -0.3 is 20.1 Å². The Bertz CT molecular complexity index is 971. The van der Waals surface area contributed by atoms with Crippen LogP contribution in [0.15, 0.2) is 60.8 Å². The number of nitrogens with one attached hydrogen (secondary N) is 2. The largest absolute Gasteiger partial charge is 0.493 e. The molecular weight excluding hydrogens is 366 g/mol. The van der Waals surface area contributed by atoms with Gasteiger partial charge >= 0.3 is 0 Å². The molecule has 0 aliphatic heterocycles. The molecule has 0 radical (unpaired) electrons. The highest BCUT2D eigenvalue weighted by atomic mass is 16.5. The first-order valence-electron chi connectivity index (χ1n) is 9.44. The van der Waals surface area contributed by atoms with E-state index in [2.05, 4.69) is 28.6 Å². The van der Waals surface area contributed by atoms with Gasteiger partial charge in [-0.25, -0.2) is 4.98 Å². The predicted molar refractivity (Wildman–Crippen MR) is 114 cm³/mol. The van der Waals surface area contributed by atoms with Gasteiger partial charge in [0.2, 0.25) is 0 Å². The summed E-state index contributed by atoms with van der Waals surface area (Å²) in [5.41, 5.74) is 3.65. The lowest BCUT2D eigenvalue weighted by atomic mass is 10.1. The molecule has 0 atom stereocenters. The number of pyridine rings is 1. The van der Waals surface area contributed by atoms with Gasteiger partial charge in [-0.15, -0.1) is 0 Å². The summed E-state index contributed by atoms with van der Waals surface area (Å²) >= 11 is 0. The van der Waals surface area contributed by atoms with Gasteiger partial charge in [-0.3, -0.25) is 4.79 Å². The van der Waals surface area contributed by atoms with Crippen LogP contribution in [0.2, 0.25) is 0 Å². The molecule has 6 nitrogen and oxygen atoms in total. The lowest BCUT2D eigenvalue weighted by molar-refractivity contribution is 0.0950. The van der Waals surface area contributed by atoms with Crippen LogP contribution in [0.5, 0.6) is 11.5 Å². The third kappa shape index (κ3) is 5.04. The summed E-state index contributed by atoms with van der Waals surface area (Å²) in [6.07, 6.45) is 2.50. The van der Waals surface area contributed by atoms with Crippen molar-refractivity contribution >= 4 is 17.4 Å². The average molecular weight is 391 g/mol. The SMILES string of the molecule is CCc1ccccc1Nc1ccc(C(=O)NCc2ccc(OC)c(OC)c2)cn1. The molecule has 0 saturated heterocycles. The molecule has 1 aromatic heterocycles. The van der Waals surface area contributed by atoms with E-state index in [0.29, 0.717) is 29.4 Å². The molecule has 0 bridgehead atoms. The van der Waals surface area contributed by atoms with Crippen LogP contribution in [0.3, 0.4) is 0 Å². The number of hydrogen-bond donors (Lipinski definition) is 2. The standard InChI is InChI=1S/C23H25N3O3/c1-4-17-7-5-6-8-19(17)26-22-12-10-18(15-24-22)23(27)25-14-16-9-11-20(28-2)21(13-16)29-3/h5-13,15H,4,14H2,1-3H3,(H,24,26)(H,25,27). The quantitative estimate of drug-likeness (QED) is 0.598. The van der Waals surface area contributed by atoms with Crippen LogP contribution in [0.4, 0.5) is 11.5 Å². The third-order valence-corrected chi connectivity index (χ3v) is 4.59. The van der Waals surface area contributed by atoms with E-state index in [0.717, 1.165) is 17.7 Å². The Hall–Kier alpha value is -3.54. The molecule has 150 valence electrons. The third-order valence-electron chi connectivity index (χ3n) is 4.59. The van der Waals surface area contributed by atoms with Gasteiger partial charge in [0, 0.05) is 18.4 Å². The molecule has 3 rings (SSSR count). The van der Waals surface area contributed by atoms with Gasteiger partial charge in [0.15, 0.2) is 11.5 Å². The lowest BCUT2D eigenvalue weighted by Gasteiger charge is -2.11. The minimum absolute atomic E-state index is 0.187. The number of para-hydroxylation sites is 1. The summed E-state index contributed by atoms with van der Waals surface area (Å²) in [5.74, 6) is 1.79. The second kappa shape index (κ2) is 9.59. The van der Waals surface area contributed by atoms with E-state index in [9.17, 15) is 4.79 Å². The Balaban J connectivity index is 1.62. The predicted octanol–water partition coefficient (Wildman–Crippen LogP) is 4.33. The van der Waals surface area contributed by atoms with Crippen LogP contribution in [0, 0.1) is 0 Å². The maximum atomic E-state index is 12.4. The normalized spacial score (nSPS) is 10.3. The fourth-order valence-electron chi connectivity index (χ4n) is 2.97. The van der Waals surface area contributed by atoms with E-state index >= 15 is 0 Å². The number of anilines is 2. The van der Waals surface area contributed by atoms with E-state index in [1.54, 1.807) is 32.5 Å². The van der Waals surface area contributed by atoms with Crippen molar-refractivity contribution in [2.75, 3.05) is 19.5 Å². The van der Waals surface area contributed by atoms with Gasteiger partial charge in [0.05, 0.1) is 19.8 Å². The molecule has 2 aromatic carbocycles. The van der Waals surface area contributed by atoms with Gasteiger partial charge in [-0.1, -0.05) is 31.2 Å². The fourth-order valence-corrected chi connectivity index (χ4v) is 2.97. The minimum atomic E-state index is -0.187. The van der Waals surface area contributed by atoms with Crippen molar-refractivity contribution < 1.29 is 14.3 Å². The van der Waals surface area contributed by atoms with Crippen LogP contribution >= 0.6 is 0 Å². The molecule has 0 saturated carbocycles. The van der Waals surface area contributed by atoms with Crippen molar-refractivity contribution in [3.63, 3.8) is 0 Å². The van der Waals surface area contributed by atoms with Crippen molar-refractivity contribution in [1.82, 2.24) is 10.3 Å². The maximum absolute atomic E-state index is 12.4. The highest BCUT2D eigenvalue weighted by Crippen LogP contribution is 2.27. The Labute approximate surface area is 170 Å². The number of carbonyl (C=O) groups is 1. The number of rotatable bonds is 8. The molecule has 0 fully saturated rings. The lowest BCUT2D eigenvalue weighted by Crippen LogP contribution is -2.23. The number of ether oxygens (including phenoxy) is 2. The highest BCUT2D eigenvalue weighted by molar-refractivity contribution is 5.94. The molecule has 1 heterocycles. The number of methoxy groups -OCH3 is 2. The summed E-state index contributed by atoms with van der Waals surface area (Å²) < 4.78 is 10.5. The van der Waals surface area contributed by atoms with Crippen LogP contribution in [0.25, 0.3) is 0 Å². The number of nitrogens with zero attached hydrogens (tertiary/aromatic N) is 1. The van der Waals surface area contributed by atoms with E-state index in [1.165, 1.54) is 5.56 Å². The second-order valence-electron chi connectivity index (χ2n) is 6.44. The molecule has 0 aliphatic rings. The van der Waals surface area contributed by atoms with Crippen molar-refractivity contribution in [3.05, 3.63) is 77.5 Å². The zero-order chi connectivity index (χ0) is 20.6. The zero-order valence-electron chi connectivity index (χ0n) is 16.9. The molecular formula is C23H25N3O3. The van der Waals surface area contributed by atoms with Crippen molar-refractivity contribution in [2.45, 2.75) is 19.9 Å². The second-order valence-corrected chi connectivity index (χ2v) is 6.44. The number of carbonyl (C=O) groups excluding carboxylic acids is 1. The molecule has 1 amide bonds. The first-order chi connectivity index (χ1) is 14.1. The van der Waals surface area contributed by atoms with Crippen LogP contribution in [-0.4, -0.2) is 25.1 Å². The van der Waals surface area contributed by atoms with Gasteiger partial charge in [-0.05, 0) is 47.9 Å². The van der Waals surface area contributed by atoms with Crippen LogP contribution < -0.4 is 20.1 Å². The van der Waals surface area contributed by atoms with E-state index in [-0.39, 0.29) is 5.91 Å².